The van der Waals surface area contributed by atoms with Crippen LogP contribution in [0.5, 0.6) is 0 Å². The van der Waals surface area contributed by atoms with Gasteiger partial charge in [0.15, 0.2) is 6.29 Å². The van der Waals surface area contributed by atoms with Crippen molar-refractivity contribution in [2.75, 3.05) is 0 Å². The molecule has 0 saturated heterocycles. The second-order valence-electron chi connectivity index (χ2n) is 3.44. The zero-order chi connectivity index (χ0) is 13.7. The SMILES string of the molecule is Cn1cc(C=O)c(I)n1.Cn1cc(CO)c(I)n1. The fourth-order valence-electron chi connectivity index (χ4n) is 1.18. The minimum atomic E-state index is 0.0755. The molecule has 2 aromatic heterocycles. The molecule has 8 heteroatoms. The first-order chi connectivity index (χ1) is 8.47. The number of aliphatic hydroxyl groups is 1. The third-order valence-corrected chi connectivity index (χ3v) is 3.71. The number of carbonyl (C=O) groups is 1. The predicted octanol–water partition coefficient (Wildman–Crippen LogP) is 1.35. The summed E-state index contributed by atoms with van der Waals surface area (Å²) in [6, 6.07) is 0. The van der Waals surface area contributed by atoms with Gasteiger partial charge in [-0.1, -0.05) is 0 Å². The Hall–Kier alpha value is -0.490. The van der Waals surface area contributed by atoms with Crippen molar-refractivity contribution in [2.24, 2.45) is 14.1 Å². The summed E-state index contributed by atoms with van der Waals surface area (Å²) in [6.45, 7) is 0.0755. The van der Waals surface area contributed by atoms with E-state index in [-0.39, 0.29) is 6.61 Å². The van der Waals surface area contributed by atoms with Crippen LogP contribution in [0.2, 0.25) is 0 Å². The number of aliphatic hydroxyl groups excluding tert-OH is 1. The third kappa shape index (κ3) is 4.31. The van der Waals surface area contributed by atoms with Crippen molar-refractivity contribution in [3.05, 3.63) is 30.9 Å². The topological polar surface area (TPSA) is 72.9 Å². The second kappa shape index (κ2) is 7.19. The molecule has 0 saturated carbocycles. The molecule has 2 rings (SSSR count). The average molecular weight is 474 g/mol. The highest BCUT2D eigenvalue weighted by atomic mass is 127. The average Bonchev–Trinajstić information content (AvgIpc) is 2.81. The van der Waals surface area contributed by atoms with Crippen molar-refractivity contribution in [1.82, 2.24) is 19.6 Å². The summed E-state index contributed by atoms with van der Waals surface area (Å²) in [7, 11) is 3.62. The molecule has 0 aromatic carbocycles. The fourth-order valence-corrected chi connectivity index (χ4v) is 2.43. The summed E-state index contributed by atoms with van der Waals surface area (Å²) in [4.78, 5) is 10.2. The number of aromatic nitrogens is 4. The highest BCUT2D eigenvalue weighted by Gasteiger charge is 2.00. The quantitative estimate of drug-likeness (QED) is 0.528. The molecule has 0 atom stereocenters. The molecule has 0 aliphatic heterocycles. The molecule has 98 valence electrons. The third-order valence-electron chi connectivity index (χ3n) is 1.96. The Labute approximate surface area is 132 Å². The van der Waals surface area contributed by atoms with Gasteiger partial charge in [-0.25, -0.2) is 0 Å². The number of hydrogen-bond acceptors (Lipinski definition) is 4. The van der Waals surface area contributed by atoms with E-state index in [4.69, 9.17) is 5.11 Å². The van der Waals surface area contributed by atoms with Crippen LogP contribution in [0.15, 0.2) is 12.4 Å². The molecule has 0 amide bonds. The maximum absolute atomic E-state index is 10.2. The molecule has 0 fully saturated rings. The smallest absolute Gasteiger partial charge is 0.154 e. The van der Waals surface area contributed by atoms with E-state index in [9.17, 15) is 4.79 Å². The molecule has 1 N–H and O–H groups in total. The van der Waals surface area contributed by atoms with Crippen LogP contribution in [0.4, 0.5) is 0 Å². The van der Waals surface area contributed by atoms with Gasteiger partial charge in [-0.05, 0) is 45.2 Å². The van der Waals surface area contributed by atoms with Gasteiger partial charge >= 0.3 is 0 Å². The standard InChI is InChI=1S/C5H7IN2O.C5H5IN2O/c2*1-8-2-4(3-9)5(6)7-8/h2,9H,3H2,1H3;2-3H,1H3. The number of halogens is 2. The van der Waals surface area contributed by atoms with E-state index in [0.29, 0.717) is 5.56 Å². The molecule has 2 heterocycles. The van der Waals surface area contributed by atoms with Gasteiger partial charge in [-0.2, -0.15) is 10.2 Å². The minimum Gasteiger partial charge on any atom is -0.392 e. The van der Waals surface area contributed by atoms with Gasteiger partial charge in [0.2, 0.25) is 0 Å². The van der Waals surface area contributed by atoms with Crippen LogP contribution >= 0.6 is 45.2 Å². The Balaban J connectivity index is 0.000000180. The van der Waals surface area contributed by atoms with E-state index >= 15 is 0 Å². The summed E-state index contributed by atoms with van der Waals surface area (Å²) in [5, 5.41) is 16.7. The molecule has 0 radical (unpaired) electrons. The molecule has 0 spiro atoms. The van der Waals surface area contributed by atoms with Crippen molar-refractivity contribution in [3.63, 3.8) is 0 Å². The number of aldehydes is 1. The first-order valence-electron chi connectivity index (χ1n) is 4.91. The molecule has 2 aromatic rings. The Bertz CT molecular complexity index is 536. The van der Waals surface area contributed by atoms with Gasteiger partial charge in [-0.3, -0.25) is 14.2 Å². The van der Waals surface area contributed by atoms with Crippen LogP contribution in [0.25, 0.3) is 0 Å². The summed E-state index contributed by atoms with van der Waals surface area (Å²) in [5.74, 6) is 0. The first kappa shape index (κ1) is 15.6. The summed E-state index contributed by atoms with van der Waals surface area (Å²) >= 11 is 4.11. The number of aryl methyl sites for hydroxylation is 2. The minimum absolute atomic E-state index is 0.0755. The van der Waals surface area contributed by atoms with E-state index in [2.05, 4.69) is 32.8 Å². The van der Waals surface area contributed by atoms with E-state index in [1.54, 1.807) is 22.6 Å². The Kier molecular flexibility index (Phi) is 6.21. The van der Waals surface area contributed by atoms with Crippen molar-refractivity contribution < 1.29 is 9.90 Å². The molecular weight excluding hydrogens is 462 g/mol. The lowest BCUT2D eigenvalue weighted by molar-refractivity contribution is 0.112. The number of rotatable bonds is 2. The van der Waals surface area contributed by atoms with Crippen LogP contribution in [-0.4, -0.2) is 31.0 Å². The summed E-state index contributed by atoms with van der Waals surface area (Å²) in [6.07, 6.45) is 4.30. The van der Waals surface area contributed by atoms with Crippen LogP contribution in [0.1, 0.15) is 15.9 Å². The highest BCUT2D eigenvalue weighted by Crippen LogP contribution is 2.07. The van der Waals surface area contributed by atoms with Crippen molar-refractivity contribution in [1.29, 1.82) is 0 Å². The Morgan fingerprint density at radius 3 is 2.00 bits per heavy atom. The Morgan fingerprint density at radius 2 is 1.78 bits per heavy atom. The number of carbonyl (C=O) groups excluding carboxylic acids is 1. The predicted molar refractivity (Wildman–Crippen MR) is 83.2 cm³/mol. The van der Waals surface area contributed by atoms with Gasteiger partial charge in [-0.15, -0.1) is 0 Å². The lowest BCUT2D eigenvalue weighted by atomic mass is 10.4. The lowest BCUT2D eigenvalue weighted by Gasteiger charge is -1.83. The number of hydrogen-bond donors (Lipinski definition) is 1. The van der Waals surface area contributed by atoms with E-state index < -0.39 is 0 Å². The van der Waals surface area contributed by atoms with Gasteiger partial charge in [0.25, 0.3) is 0 Å². The van der Waals surface area contributed by atoms with Crippen LogP contribution in [0, 0.1) is 7.40 Å². The van der Waals surface area contributed by atoms with Gasteiger partial charge < -0.3 is 5.11 Å². The van der Waals surface area contributed by atoms with Crippen LogP contribution in [0.3, 0.4) is 0 Å². The number of nitrogens with zero attached hydrogens (tertiary/aromatic N) is 4. The Morgan fingerprint density at radius 1 is 1.22 bits per heavy atom. The zero-order valence-corrected chi connectivity index (χ0v) is 14.2. The largest absolute Gasteiger partial charge is 0.392 e. The van der Waals surface area contributed by atoms with Gasteiger partial charge in [0.1, 0.15) is 7.40 Å². The van der Waals surface area contributed by atoms with Gasteiger partial charge in [0.05, 0.1) is 12.2 Å². The molecule has 0 unspecified atom stereocenters. The molecule has 18 heavy (non-hydrogen) atoms. The summed E-state index contributed by atoms with van der Waals surface area (Å²) in [5.41, 5.74) is 1.54. The molecule has 0 aliphatic carbocycles. The second-order valence-corrected chi connectivity index (χ2v) is 5.49. The lowest BCUT2D eigenvalue weighted by Crippen LogP contribution is -1.85. The molecule has 6 nitrogen and oxygen atoms in total. The molecular formula is C10H12I2N4O2. The summed E-state index contributed by atoms with van der Waals surface area (Å²) < 4.78 is 4.93. The maximum atomic E-state index is 10.2. The van der Waals surface area contributed by atoms with E-state index in [1.807, 2.05) is 35.8 Å². The normalized spacial score (nSPS) is 9.83. The maximum Gasteiger partial charge on any atom is 0.154 e. The van der Waals surface area contributed by atoms with Crippen LogP contribution in [-0.2, 0) is 20.7 Å². The zero-order valence-electron chi connectivity index (χ0n) is 9.84. The molecule has 0 bridgehead atoms. The van der Waals surface area contributed by atoms with Crippen LogP contribution < -0.4 is 0 Å². The molecule has 0 aliphatic rings. The van der Waals surface area contributed by atoms with Crippen molar-refractivity contribution >= 4 is 51.5 Å². The van der Waals surface area contributed by atoms with E-state index in [1.165, 1.54) is 0 Å². The fraction of sp³-hybridized carbons (Fsp3) is 0.300. The van der Waals surface area contributed by atoms with Crippen molar-refractivity contribution in [2.45, 2.75) is 6.61 Å². The van der Waals surface area contributed by atoms with E-state index in [0.717, 1.165) is 19.3 Å². The highest BCUT2D eigenvalue weighted by molar-refractivity contribution is 14.1. The first-order valence-corrected chi connectivity index (χ1v) is 7.07. The van der Waals surface area contributed by atoms with Gasteiger partial charge in [0, 0.05) is 32.1 Å². The van der Waals surface area contributed by atoms with Crippen molar-refractivity contribution in [3.8, 4) is 0 Å². The monoisotopic (exact) mass is 474 g/mol.